The molecule has 0 aliphatic carbocycles. The SMILES string of the molecule is O=C(NN=Cc1ccc(Br)cc1)[C@@H]1CCCN1S(=O)(=O)c1ccc(Cl)cc1. The minimum Gasteiger partial charge on any atom is -0.271 e. The lowest BCUT2D eigenvalue weighted by atomic mass is 10.2. The third-order valence-electron chi connectivity index (χ3n) is 4.18. The highest BCUT2D eigenvalue weighted by Gasteiger charge is 2.39. The number of hydrogen-bond acceptors (Lipinski definition) is 4. The zero-order valence-electron chi connectivity index (χ0n) is 14.2. The van der Waals surface area contributed by atoms with Gasteiger partial charge in [-0.2, -0.15) is 9.41 Å². The summed E-state index contributed by atoms with van der Waals surface area (Å²) in [6.45, 7) is 0.291. The van der Waals surface area contributed by atoms with Gasteiger partial charge in [0.25, 0.3) is 5.91 Å². The Kier molecular flexibility index (Phi) is 6.31. The van der Waals surface area contributed by atoms with E-state index in [9.17, 15) is 13.2 Å². The fourth-order valence-corrected chi connectivity index (χ4v) is 4.87. The van der Waals surface area contributed by atoms with Crippen molar-refractivity contribution in [2.24, 2.45) is 5.10 Å². The third-order valence-corrected chi connectivity index (χ3v) is 6.89. The molecule has 0 unspecified atom stereocenters. The van der Waals surface area contributed by atoms with Crippen molar-refractivity contribution in [2.75, 3.05) is 6.54 Å². The molecule has 1 amide bonds. The van der Waals surface area contributed by atoms with Crippen LogP contribution in [0.5, 0.6) is 0 Å². The maximum atomic E-state index is 12.8. The molecule has 1 atom stereocenters. The molecule has 0 bridgehead atoms. The lowest BCUT2D eigenvalue weighted by Gasteiger charge is -2.22. The van der Waals surface area contributed by atoms with Gasteiger partial charge in [0, 0.05) is 16.0 Å². The largest absolute Gasteiger partial charge is 0.271 e. The molecular formula is C18H17BrClN3O3S. The van der Waals surface area contributed by atoms with E-state index in [0.29, 0.717) is 24.4 Å². The number of carbonyl (C=O) groups excluding carboxylic acids is 1. The van der Waals surface area contributed by atoms with Gasteiger partial charge in [-0.1, -0.05) is 39.7 Å². The molecule has 1 N–H and O–H groups in total. The Morgan fingerprint density at radius 1 is 1.19 bits per heavy atom. The second-order valence-corrected chi connectivity index (χ2v) is 9.26. The lowest BCUT2D eigenvalue weighted by Crippen LogP contribution is -2.44. The van der Waals surface area contributed by atoms with Crippen molar-refractivity contribution in [2.45, 2.75) is 23.8 Å². The Hall–Kier alpha value is -1.74. The molecule has 0 saturated carbocycles. The maximum absolute atomic E-state index is 12.8. The van der Waals surface area contributed by atoms with E-state index in [1.807, 2.05) is 24.3 Å². The van der Waals surface area contributed by atoms with E-state index in [1.165, 1.54) is 34.8 Å². The molecule has 142 valence electrons. The number of nitrogens with zero attached hydrogens (tertiary/aromatic N) is 2. The van der Waals surface area contributed by atoms with Crippen molar-refractivity contribution in [1.29, 1.82) is 0 Å². The van der Waals surface area contributed by atoms with Crippen LogP contribution < -0.4 is 5.43 Å². The van der Waals surface area contributed by atoms with Crippen LogP contribution in [0.25, 0.3) is 0 Å². The molecule has 0 radical (unpaired) electrons. The number of rotatable bonds is 5. The van der Waals surface area contributed by atoms with Gasteiger partial charge in [0.15, 0.2) is 0 Å². The highest BCUT2D eigenvalue weighted by Crippen LogP contribution is 2.27. The predicted octanol–water partition coefficient (Wildman–Crippen LogP) is 3.41. The minimum atomic E-state index is -3.77. The molecule has 9 heteroatoms. The van der Waals surface area contributed by atoms with Gasteiger partial charge >= 0.3 is 0 Å². The molecule has 3 rings (SSSR count). The van der Waals surface area contributed by atoms with Crippen molar-refractivity contribution in [3.63, 3.8) is 0 Å². The van der Waals surface area contributed by atoms with Gasteiger partial charge < -0.3 is 0 Å². The summed E-state index contributed by atoms with van der Waals surface area (Å²) in [5, 5.41) is 4.39. The van der Waals surface area contributed by atoms with Crippen LogP contribution in [0, 0.1) is 0 Å². The van der Waals surface area contributed by atoms with E-state index in [-0.39, 0.29) is 4.90 Å². The van der Waals surface area contributed by atoms with Gasteiger partial charge in [-0.3, -0.25) is 4.79 Å². The first-order chi connectivity index (χ1) is 12.9. The summed E-state index contributed by atoms with van der Waals surface area (Å²) in [6.07, 6.45) is 2.57. The van der Waals surface area contributed by atoms with Crippen LogP contribution >= 0.6 is 27.5 Å². The van der Waals surface area contributed by atoms with Gasteiger partial charge in [-0.05, 0) is 54.8 Å². The van der Waals surface area contributed by atoms with Gasteiger partial charge in [0.1, 0.15) is 6.04 Å². The summed E-state index contributed by atoms with van der Waals surface area (Å²) in [7, 11) is -3.77. The predicted molar refractivity (Wildman–Crippen MR) is 108 cm³/mol. The van der Waals surface area contributed by atoms with Gasteiger partial charge in [0.2, 0.25) is 10.0 Å². The smallest absolute Gasteiger partial charge is 0.258 e. The Labute approximate surface area is 171 Å². The summed E-state index contributed by atoms with van der Waals surface area (Å²) in [6, 6.07) is 12.5. The monoisotopic (exact) mass is 469 g/mol. The number of hydrazone groups is 1. The molecule has 2 aromatic carbocycles. The van der Waals surface area contributed by atoms with E-state index in [1.54, 1.807) is 0 Å². The second-order valence-electron chi connectivity index (χ2n) is 6.01. The molecule has 27 heavy (non-hydrogen) atoms. The molecule has 1 aliphatic rings. The van der Waals surface area contributed by atoms with E-state index in [2.05, 4.69) is 26.5 Å². The highest BCUT2D eigenvalue weighted by atomic mass is 79.9. The number of hydrogen-bond donors (Lipinski definition) is 1. The highest BCUT2D eigenvalue weighted by molar-refractivity contribution is 9.10. The molecule has 1 saturated heterocycles. The second kappa shape index (κ2) is 8.52. The Balaban J connectivity index is 1.70. The number of carbonyl (C=O) groups is 1. The molecule has 6 nitrogen and oxygen atoms in total. The first-order valence-corrected chi connectivity index (χ1v) is 10.8. The van der Waals surface area contributed by atoms with E-state index >= 15 is 0 Å². The summed E-state index contributed by atoms with van der Waals surface area (Å²) in [4.78, 5) is 12.6. The average molecular weight is 471 g/mol. The topological polar surface area (TPSA) is 78.8 Å². The average Bonchev–Trinajstić information content (AvgIpc) is 3.14. The van der Waals surface area contributed by atoms with E-state index in [0.717, 1.165) is 10.0 Å². The fraction of sp³-hybridized carbons (Fsp3) is 0.222. The van der Waals surface area contributed by atoms with Crippen molar-refractivity contribution >= 4 is 49.7 Å². The quantitative estimate of drug-likeness (QED) is 0.537. The molecule has 0 aromatic heterocycles. The molecular weight excluding hydrogens is 454 g/mol. The van der Waals surface area contributed by atoms with E-state index in [4.69, 9.17) is 11.6 Å². The number of nitrogens with one attached hydrogen (secondary N) is 1. The van der Waals surface area contributed by atoms with Gasteiger partial charge in [0.05, 0.1) is 11.1 Å². The summed E-state index contributed by atoms with van der Waals surface area (Å²) >= 11 is 9.17. The standard InChI is InChI=1S/C18H17BrClN3O3S/c19-14-5-3-13(4-6-14)12-21-22-18(24)17-2-1-11-23(17)27(25,26)16-9-7-15(20)8-10-16/h3-10,12,17H,1-2,11H2,(H,22,24)/t17-/m0/s1. The van der Waals surface area contributed by atoms with Crippen LogP contribution in [-0.4, -0.2) is 37.4 Å². The molecule has 1 heterocycles. The van der Waals surface area contributed by atoms with Crippen LogP contribution in [0.2, 0.25) is 5.02 Å². The van der Waals surface area contributed by atoms with Crippen LogP contribution in [0.1, 0.15) is 18.4 Å². The zero-order chi connectivity index (χ0) is 19.4. The zero-order valence-corrected chi connectivity index (χ0v) is 17.3. The van der Waals surface area contributed by atoms with Crippen molar-refractivity contribution in [3.05, 3.63) is 63.6 Å². The van der Waals surface area contributed by atoms with Crippen LogP contribution in [0.3, 0.4) is 0 Å². The number of benzene rings is 2. The van der Waals surface area contributed by atoms with Crippen LogP contribution in [-0.2, 0) is 14.8 Å². The first kappa shape index (κ1) is 20.0. The minimum absolute atomic E-state index is 0.116. The van der Waals surface area contributed by atoms with Crippen molar-refractivity contribution in [1.82, 2.24) is 9.73 Å². The first-order valence-electron chi connectivity index (χ1n) is 8.24. The van der Waals surface area contributed by atoms with Crippen molar-refractivity contribution < 1.29 is 13.2 Å². The van der Waals surface area contributed by atoms with Crippen molar-refractivity contribution in [3.8, 4) is 0 Å². The van der Waals surface area contributed by atoms with Crippen LogP contribution in [0.4, 0.5) is 0 Å². The molecule has 1 aliphatic heterocycles. The number of amides is 1. The summed E-state index contributed by atoms with van der Waals surface area (Å²) in [5.41, 5.74) is 3.26. The fourth-order valence-electron chi connectivity index (χ4n) is 2.83. The number of halogens is 2. The van der Waals surface area contributed by atoms with E-state index < -0.39 is 22.0 Å². The summed E-state index contributed by atoms with van der Waals surface area (Å²) < 4.78 is 27.9. The van der Waals surface area contributed by atoms with Crippen LogP contribution in [0.15, 0.2) is 63.0 Å². The Bertz CT molecular complexity index is 947. The Morgan fingerprint density at radius 2 is 1.85 bits per heavy atom. The lowest BCUT2D eigenvalue weighted by molar-refractivity contribution is -0.124. The molecule has 1 fully saturated rings. The Morgan fingerprint density at radius 3 is 2.52 bits per heavy atom. The third kappa shape index (κ3) is 4.76. The summed E-state index contributed by atoms with van der Waals surface area (Å²) in [5.74, 6) is -0.446. The number of sulfonamides is 1. The van der Waals surface area contributed by atoms with Gasteiger partial charge in [-0.25, -0.2) is 13.8 Å². The molecule has 2 aromatic rings. The maximum Gasteiger partial charge on any atom is 0.258 e. The normalized spacial score (nSPS) is 18.1. The van der Waals surface area contributed by atoms with Gasteiger partial charge in [-0.15, -0.1) is 0 Å². The molecule has 0 spiro atoms.